The lowest BCUT2D eigenvalue weighted by Crippen LogP contribution is -2.12. The Hall–Kier alpha value is -0.0400. The van der Waals surface area contributed by atoms with Crippen LogP contribution >= 0.6 is 0 Å². The SMILES string of the molecule is CCCC[C@]1(CC)CN1. The molecular formula is C8H17N. The van der Waals surface area contributed by atoms with Crippen LogP contribution in [0, 0.1) is 0 Å². The van der Waals surface area contributed by atoms with Crippen LogP contribution in [0.1, 0.15) is 39.5 Å². The van der Waals surface area contributed by atoms with Crippen LogP contribution in [0.3, 0.4) is 0 Å². The summed E-state index contributed by atoms with van der Waals surface area (Å²) in [5.41, 5.74) is 0.593. The minimum atomic E-state index is 0.593. The number of rotatable bonds is 4. The molecule has 1 fully saturated rings. The predicted octanol–water partition coefficient (Wildman–Crippen LogP) is 1.93. The lowest BCUT2D eigenvalue weighted by molar-refractivity contribution is 0.525. The lowest BCUT2D eigenvalue weighted by atomic mass is 10.00. The van der Waals surface area contributed by atoms with Gasteiger partial charge in [0.15, 0.2) is 0 Å². The van der Waals surface area contributed by atoms with E-state index < -0.39 is 0 Å². The number of hydrogen-bond donors (Lipinski definition) is 1. The van der Waals surface area contributed by atoms with E-state index in [1.807, 2.05) is 0 Å². The molecule has 1 heterocycles. The topological polar surface area (TPSA) is 21.9 Å². The molecule has 1 aliphatic heterocycles. The molecule has 0 radical (unpaired) electrons. The molecule has 1 heteroatoms. The Labute approximate surface area is 57.8 Å². The summed E-state index contributed by atoms with van der Waals surface area (Å²) in [6, 6.07) is 0. The average Bonchev–Trinajstić information content (AvgIpc) is 2.65. The van der Waals surface area contributed by atoms with Gasteiger partial charge in [-0.15, -0.1) is 0 Å². The zero-order valence-electron chi connectivity index (χ0n) is 6.54. The van der Waals surface area contributed by atoms with Crippen molar-refractivity contribution in [3.8, 4) is 0 Å². The Balaban J connectivity index is 2.10. The first-order chi connectivity index (χ1) is 4.33. The fourth-order valence-corrected chi connectivity index (χ4v) is 1.24. The van der Waals surface area contributed by atoms with E-state index in [-0.39, 0.29) is 0 Å². The summed E-state index contributed by atoms with van der Waals surface area (Å²) in [4.78, 5) is 0. The normalized spacial score (nSPS) is 32.7. The molecule has 0 spiro atoms. The van der Waals surface area contributed by atoms with Gasteiger partial charge in [-0.05, 0) is 12.8 Å². The molecule has 9 heavy (non-hydrogen) atoms. The van der Waals surface area contributed by atoms with Crippen molar-refractivity contribution in [3.63, 3.8) is 0 Å². The van der Waals surface area contributed by atoms with Gasteiger partial charge in [-0.1, -0.05) is 26.7 Å². The van der Waals surface area contributed by atoms with Crippen molar-refractivity contribution in [3.05, 3.63) is 0 Å². The van der Waals surface area contributed by atoms with Gasteiger partial charge in [0.2, 0.25) is 0 Å². The number of unbranched alkanes of at least 4 members (excludes halogenated alkanes) is 1. The Morgan fingerprint density at radius 3 is 2.44 bits per heavy atom. The van der Waals surface area contributed by atoms with Gasteiger partial charge in [0.25, 0.3) is 0 Å². The van der Waals surface area contributed by atoms with Gasteiger partial charge >= 0.3 is 0 Å². The molecular weight excluding hydrogens is 110 g/mol. The molecule has 0 amide bonds. The molecule has 1 aliphatic rings. The average molecular weight is 127 g/mol. The predicted molar refractivity (Wildman–Crippen MR) is 40.5 cm³/mol. The summed E-state index contributed by atoms with van der Waals surface area (Å²) in [7, 11) is 0. The first-order valence-corrected chi connectivity index (χ1v) is 4.08. The third-order valence-electron chi connectivity index (χ3n) is 2.36. The Morgan fingerprint density at radius 1 is 1.44 bits per heavy atom. The quantitative estimate of drug-likeness (QED) is 0.573. The van der Waals surface area contributed by atoms with Gasteiger partial charge < -0.3 is 5.32 Å². The minimum absolute atomic E-state index is 0.593. The molecule has 0 bridgehead atoms. The summed E-state index contributed by atoms with van der Waals surface area (Å²) in [6.45, 7) is 5.80. The van der Waals surface area contributed by atoms with Gasteiger partial charge in [0.05, 0.1) is 0 Å². The molecule has 0 aromatic heterocycles. The van der Waals surface area contributed by atoms with E-state index in [1.54, 1.807) is 0 Å². The van der Waals surface area contributed by atoms with E-state index in [9.17, 15) is 0 Å². The summed E-state index contributed by atoms with van der Waals surface area (Å²) in [6.07, 6.45) is 5.43. The van der Waals surface area contributed by atoms with Crippen LogP contribution in [-0.4, -0.2) is 12.1 Å². The smallest absolute Gasteiger partial charge is 0.0304 e. The standard InChI is InChI=1S/C8H17N/c1-3-5-6-8(4-2)7-9-8/h9H,3-7H2,1-2H3/t8-/m1/s1. The van der Waals surface area contributed by atoms with E-state index >= 15 is 0 Å². The second-order valence-corrected chi connectivity index (χ2v) is 3.09. The highest BCUT2D eigenvalue weighted by atomic mass is 15.2. The maximum absolute atomic E-state index is 3.43. The Morgan fingerprint density at radius 2 is 2.11 bits per heavy atom. The summed E-state index contributed by atoms with van der Waals surface area (Å²) >= 11 is 0. The maximum Gasteiger partial charge on any atom is 0.0304 e. The van der Waals surface area contributed by atoms with Gasteiger partial charge in [0, 0.05) is 12.1 Å². The molecule has 1 saturated heterocycles. The second kappa shape index (κ2) is 2.70. The molecule has 54 valence electrons. The molecule has 0 saturated carbocycles. The summed E-state index contributed by atoms with van der Waals surface area (Å²) in [5.74, 6) is 0. The summed E-state index contributed by atoms with van der Waals surface area (Å²) < 4.78 is 0. The van der Waals surface area contributed by atoms with Gasteiger partial charge in [-0.25, -0.2) is 0 Å². The van der Waals surface area contributed by atoms with Crippen LogP contribution in [0.4, 0.5) is 0 Å². The van der Waals surface area contributed by atoms with E-state index in [0.29, 0.717) is 5.54 Å². The molecule has 0 aromatic carbocycles. The number of hydrogen-bond acceptors (Lipinski definition) is 1. The van der Waals surface area contributed by atoms with E-state index in [1.165, 1.54) is 32.2 Å². The Kier molecular flexibility index (Phi) is 2.12. The third-order valence-corrected chi connectivity index (χ3v) is 2.36. The van der Waals surface area contributed by atoms with Crippen LogP contribution in [0.5, 0.6) is 0 Å². The first kappa shape index (κ1) is 7.07. The lowest BCUT2D eigenvalue weighted by Gasteiger charge is -2.07. The van der Waals surface area contributed by atoms with Crippen LogP contribution < -0.4 is 5.32 Å². The van der Waals surface area contributed by atoms with Crippen LogP contribution in [0.25, 0.3) is 0 Å². The van der Waals surface area contributed by atoms with Gasteiger partial charge in [-0.2, -0.15) is 0 Å². The molecule has 1 nitrogen and oxygen atoms in total. The molecule has 0 unspecified atom stereocenters. The summed E-state index contributed by atoms with van der Waals surface area (Å²) in [5, 5.41) is 3.43. The highest BCUT2D eigenvalue weighted by molar-refractivity contribution is 5.01. The molecule has 1 rings (SSSR count). The molecule has 1 N–H and O–H groups in total. The first-order valence-electron chi connectivity index (χ1n) is 4.08. The van der Waals surface area contributed by atoms with Gasteiger partial charge in [-0.3, -0.25) is 0 Å². The minimum Gasteiger partial charge on any atom is -0.308 e. The van der Waals surface area contributed by atoms with E-state index in [4.69, 9.17) is 0 Å². The third kappa shape index (κ3) is 1.68. The molecule has 0 aromatic rings. The zero-order valence-corrected chi connectivity index (χ0v) is 6.54. The van der Waals surface area contributed by atoms with Crippen LogP contribution in [-0.2, 0) is 0 Å². The fraction of sp³-hybridized carbons (Fsp3) is 1.00. The van der Waals surface area contributed by atoms with Crippen molar-refractivity contribution in [2.45, 2.75) is 45.1 Å². The Bertz CT molecular complexity index is 84.6. The van der Waals surface area contributed by atoms with E-state index in [2.05, 4.69) is 19.2 Å². The number of nitrogens with one attached hydrogen (secondary N) is 1. The second-order valence-electron chi connectivity index (χ2n) is 3.09. The maximum atomic E-state index is 3.43. The van der Waals surface area contributed by atoms with Crippen molar-refractivity contribution in [2.75, 3.05) is 6.54 Å². The van der Waals surface area contributed by atoms with Gasteiger partial charge in [0.1, 0.15) is 0 Å². The molecule has 0 aliphatic carbocycles. The monoisotopic (exact) mass is 127 g/mol. The van der Waals surface area contributed by atoms with Crippen molar-refractivity contribution in [1.29, 1.82) is 0 Å². The van der Waals surface area contributed by atoms with E-state index in [0.717, 1.165) is 0 Å². The largest absolute Gasteiger partial charge is 0.308 e. The van der Waals surface area contributed by atoms with Crippen LogP contribution in [0.15, 0.2) is 0 Å². The van der Waals surface area contributed by atoms with Crippen molar-refractivity contribution < 1.29 is 0 Å². The van der Waals surface area contributed by atoms with Crippen molar-refractivity contribution in [2.24, 2.45) is 0 Å². The molecule has 1 atom stereocenters. The zero-order chi connectivity index (χ0) is 6.74. The van der Waals surface area contributed by atoms with Crippen molar-refractivity contribution >= 4 is 0 Å². The highest BCUT2D eigenvalue weighted by Crippen LogP contribution is 2.27. The fourth-order valence-electron chi connectivity index (χ4n) is 1.24. The van der Waals surface area contributed by atoms with Crippen molar-refractivity contribution in [1.82, 2.24) is 5.32 Å². The van der Waals surface area contributed by atoms with Crippen LogP contribution in [0.2, 0.25) is 0 Å². The highest BCUT2D eigenvalue weighted by Gasteiger charge is 2.38.